The van der Waals surface area contributed by atoms with Gasteiger partial charge in [-0.3, -0.25) is 38.9 Å². The van der Waals surface area contributed by atoms with E-state index in [-0.39, 0.29) is 62.8 Å². The van der Waals surface area contributed by atoms with E-state index in [1.807, 2.05) is 24.4 Å². The number of hydrogen-bond acceptors (Lipinski definition) is 11. The number of imide groups is 1. The zero-order chi connectivity index (χ0) is 48.8. The van der Waals surface area contributed by atoms with Gasteiger partial charge in [0.15, 0.2) is 0 Å². The molecule has 4 atom stereocenters. The van der Waals surface area contributed by atoms with Crippen LogP contribution in [0.15, 0.2) is 54.7 Å². The number of nitrogens with zero attached hydrogens (tertiary/aromatic N) is 6. The van der Waals surface area contributed by atoms with Crippen molar-refractivity contribution in [1.29, 1.82) is 0 Å². The minimum atomic E-state index is -1.21. The van der Waals surface area contributed by atoms with Crippen molar-refractivity contribution >= 4 is 46.5 Å². The lowest BCUT2D eigenvalue weighted by molar-refractivity contribution is -0.155. The molecule has 0 aliphatic carbocycles. The summed E-state index contributed by atoms with van der Waals surface area (Å²) in [6.07, 6.45) is 3.27. The Kier molecular flexibility index (Phi) is 13.7. The second-order valence-corrected chi connectivity index (χ2v) is 20.2. The van der Waals surface area contributed by atoms with E-state index >= 15 is 0 Å². The van der Waals surface area contributed by atoms with Crippen molar-refractivity contribution in [2.24, 2.45) is 11.3 Å². The van der Waals surface area contributed by atoms with Gasteiger partial charge in [0.2, 0.25) is 17.7 Å². The zero-order valence-electron chi connectivity index (χ0n) is 40.4. The fourth-order valence-corrected chi connectivity index (χ4v) is 10.1. The summed E-state index contributed by atoms with van der Waals surface area (Å²) in [4.78, 5) is 91.5. The number of benzene rings is 2. The second kappa shape index (κ2) is 19.3. The van der Waals surface area contributed by atoms with Gasteiger partial charge in [0.25, 0.3) is 5.91 Å². The molecule has 6 bridgehead atoms. The summed E-state index contributed by atoms with van der Waals surface area (Å²) in [6.45, 7) is 15.5. The quantitative estimate of drug-likeness (QED) is 0.109. The van der Waals surface area contributed by atoms with Crippen LogP contribution in [0.25, 0.3) is 33.3 Å². The van der Waals surface area contributed by atoms with Crippen molar-refractivity contribution in [2.45, 2.75) is 111 Å². The van der Waals surface area contributed by atoms with Crippen molar-refractivity contribution in [1.82, 2.24) is 45.3 Å². The van der Waals surface area contributed by atoms with Crippen LogP contribution in [0.1, 0.15) is 84.0 Å². The molecular formula is C51H65N9O8. The zero-order valence-corrected chi connectivity index (χ0v) is 40.4. The molecule has 0 unspecified atom stereocenters. The van der Waals surface area contributed by atoms with Crippen molar-refractivity contribution in [3.05, 3.63) is 71.5 Å². The number of likely N-dealkylation sites (N-methyl/N-ethyl adjacent to an activating group) is 1. The van der Waals surface area contributed by atoms with Crippen molar-refractivity contribution in [2.75, 3.05) is 46.4 Å². The highest BCUT2D eigenvalue weighted by Crippen LogP contribution is 2.42. The Balaban J connectivity index is 1.16. The van der Waals surface area contributed by atoms with E-state index in [9.17, 15) is 33.9 Å². The van der Waals surface area contributed by atoms with E-state index in [2.05, 4.69) is 73.4 Å². The lowest BCUT2D eigenvalue weighted by atomic mass is 9.83. The summed E-state index contributed by atoms with van der Waals surface area (Å²) in [7, 11) is 1.49. The lowest BCUT2D eigenvalue weighted by Gasteiger charge is -2.39. The van der Waals surface area contributed by atoms with Crippen molar-refractivity contribution in [3.8, 4) is 28.1 Å². The highest BCUT2D eigenvalue weighted by Gasteiger charge is 2.42. The third-order valence-electron chi connectivity index (χ3n) is 13.6. The van der Waals surface area contributed by atoms with Gasteiger partial charge in [-0.15, -0.1) is 0 Å². The topological polar surface area (TPSA) is 209 Å². The van der Waals surface area contributed by atoms with Crippen LogP contribution in [0.5, 0.6) is 5.75 Å². The molecule has 0 spiro atoms. The minimum Gasteiger partial charge on any atom is -0.508 e. The average molecular weight is 932 g/mol. The monoisotopic (exact) mass is 931 g/mol. The number of amides is 6. The summed E-state index contributed by atoms with van der Waals surface area (Å²) < 4.78 is 8.43. The second-order valence-electron chi connectivity index (χ2n) is 20.2. The van der Waals surface area contributed by atoms with Crippen LogP contribution in [0, 0.1) is 11.3 Å². The Hall–Kier alpha value is -6.33. The molecule has 2 aromatic heterocycles. The van der Waals surface area contributed by atoms with Crippen molar-refractivity contribution in [3.63, 3.8) is 0 Å². The molecule has 6 amide bonds. The number of cyclic esters (lactones) is 1. The van der Waals surface area contributed by atoms with E-state index < -0.39 is 59.2 Å². The number of ether oxygens (including phenoxy) is 1. The SMILES string of the molecule is CCn1c(-c2cccnc2C(C)C)c2c3cc(ccc31)-c1cc(O)cc(c1)C[C@H](NC(=O)[C@H](C(C)C)N(C)C(=O)N1CCN(C(=O)[C@H]3CN3)C(=O)C1)C(=O)N1CCC[C@H](N1)C(=O)OCC(C)(C)C2. The largest absolute Gasteiger partial charge is 0.508 e. The number of urea groups is 1. The minimum absolute atomic E-state index is 0.0244. The first-order valence-electron chi connectivity index (χ1n) is 23.9. The number of piperazine rings is 1. The number of aromatic nitrogens is 2. The number of hydrogen-bond donors (Lipinski definition) is 4. The molecule has 17 heteroatoms. The number of phenols is 1. The van der Waals surface area contributed by atoms with Gasteiger partial charge in [-0.1, -0.05) is 53.7 Å². The van der Waals surface area contributed by atoms with Crippen LogP contribution in [0.4, 0.5) is 4.79 Å². The molecule has 17 nitrogen and oxygen atoms in total. The van der Waals surface area contributed by atoms with Crippen LogP contribution in [-0.2, 0) is 48.1 Å². The van der Waals surface area contributed by atoms with Crippen LogP contribution in [0.3, 0.4) is 0 Å². The van der Waals surface area contributed by atoms with E-state index in [4.69, 9.17) is 9.72 Å². The number of carbonyl (C=O) groups is 6. The van der Waals surface area contributed by atoms with Gasteiger partial charge in [0.05, 0.1) is 24.0 Å². The van der Waals surface area contributed by atoms with E-state index in [1.165, 1.54) is 26.8 Å². The fraction of sp³-hybridized carbons (Fsp3) is 0.510. The van der Waals surface area contributed by atoms with Gasteiger partial charge in [-0.25, -0.2) is 10.2 Å². The average Bonchev–Trinajstić information content (AvgIpc) is 4.12. The summed E-state index contributed by atoms with van der Waals surface area (Å²) >= 11 is 0. The van der Waals surface area contributed by atoms with Gasteiger partial charge in [-0.2, -0.15) is 0 Å². The Bertz CT molecular complexity index is 2640. The van der Waals surface area contributed by atoms with Crippen LogP contribution >= 0.6 is 0 Å². The predicted octanol–water partition coefficient (Wildman–Crippen LogP) is 4.59. The van der Waals surface area contributed by atoms with Crippen LogP contribution < -0.4 is 16.1 Å². The number of fused-ring (bicyclic) bond motifs is 6. The molecule has 2 aromatic carbocycles. The summed E-state index contributed by atoms with van der Waals surface area (Å²) in [6, 6.07) is 11.4. The molecule has 6 heterocycles. The molecule has 4 N–H and O–H groups in total. The van der Waals surface area contributed by atoms with Gasteiger partial charge in [-0.05, 0) is 96.7 Å². The molecule has 4 aliphatic rings. The van der Waals surface area contributed by atoms with E-state index in [0.717, 1.165) is 39.0 Å². The normalized spacial score (nSPS) is 21.4. The first-order chi connectivity index (χ1) is 32.3. The Morgan fingerprint density at radius 3 is 2.47 bits per heavy atom. The van der Waals surface area contributed by atoms with Gasteiger partial charge in [0, 0.05) is 74.3 Å². The van der Waals surface area contributed by atoms with Gasteiger partial charge >= 0.3 is 12.0 Å². The van der Waals surface area contributed by atoms with Crippen LogP contribution in [-0.4, -0.2) is 141 Å². The van der Waals surface area contributed by atoms with Gasteiger partial charge < -0.3 is 34.8 Å². The van der Waals surface area contributed by atoms with E-state index in [0.29, 0.717) is 43.5 Å². The smallest absolute Gasteiger partial charge is 0.324 e. The number of phenolic OH excluding ortho intramolecular Hbond substituents is 1. The Morgan fingerprint density at radius 1 is 1.01 bits per heavy atom. The molecule has 68 heavy (non-hydrogen) atoms. The molecule has 362 valence electrons. The number of carbonyl (C=O) groups excluding carboxylic acids is 6. The highest BCUT2D eigenvalue weighted by molar-refractivity contribution is 6.02. The summed E-state index contributed by atoms with van der Waals surface area (Å²) in [5.41, 5.74) is 9.89. The molecule has 8 rings (SSSR count). The number of aryl methyl sites for hydroxylation is 1. The third kappa shape index (κ3) is 9.81. The number of rotatable bonds is 8. The van der Waals surface area contributed by atoms with Crippen molar-refractivity contribution < 1.29 is 38.6 Å². The van der Waals surface area contributed by atoms with E-state index in [1.54, 1.807) is 26.0 Å². The standard InChI is InChI=1S/C51H65N9O8/c1-9-58-41-15-14-32-24-36(41)37(45(58)35-12-10-16-52-43(35)29(2)3)25-51(6,7)28-68-49(66)38-13-11-17-60(55-38)48(65)39(22-31-20-33(32)23-34(61)21-31)54-46(63)44(30(4)5)56(8)50(67)57-18-19-59(42(62)27-57)47(64)40-26-53-40/h10,12,14-16,20-21,23-24,29-30,38-40,44,53,55,61H,9,11,13,17-19,22,25-28H2,1-8H3,(H,54,63)/t38-,39-,40+,44-/m0/s1. The first kappa shape index (κ1) is 48.1. The summed E-state index contributed by atoms with van der Waals surface area (Å²) in [5, 5.41) is 19.6. The molecule has 0 saturated carbocycles. The predicted molar refractivity (Wildman–Crippen MR) is 256 cm³/mol. The molecule has 3 fully saturated rings. The molecule has 4 aliphatic heterocycles. The Morgan fingerprint density at radius 2 is 1.78 bits per heavy atom. The number of aromatic hydroxyl groups is 1. The third-order valence-corrected chi connectivity index (χ3v) is 13.6. The maximum Gasteiger partial charge on any atom is 0.324 e. The highest BCUT2D eigenvalue weighted by atomic mass is 16.5. The fourth-order valence-electron chi connectivity index (χ4n) is 10.1. The van der Waals surface area contributed by atoms with Crippen LogP contribution in [0.2, 0.25) is 0 Å². The molecule has 3 saturated heterocycles. The maximum atomic E-state index is 14.7. The molecule has 0 radical (unpaired) electrons. The molecule has 4 aromatic rings. The summed E-state index contributed by atoms with van der Waals surface area (Å²) in [5.74, 6) is -2.71. The first-order valence-corrected chi connectivity index (χ1v) is 23.9. The number of esters is 1. The maximum absolute atomic E-state index is 14.7. The lowest BCUT2D eigenvalue weighted by Crippen LogP contribution is -2.63. The number of hydrazine groups is 1. The van der Waals surface area contributed by atoms with Gasteiger partial charge in [0.1, 0.15) is 30.4 Å². The number of pyridine rings is 1. The molecular weight excluding hydrogens is 867 g/mol. The number of nitrogens with one attached hydrogen (secondary N) is 3. The Labute approximate surface area is 397 Å².